The molecule has 1 saturated carbocycles. The lowest BCUT2D eigenvalue weighted by atomic mass is 10.0. The van der Waals surface area contributed by atoms with Gasteiger partial charge >= 0.3 is 0 Å². The highest BCUT2D eigenvalue weighted by atomic mass is 19.1. The molecule has 4 nitrogen and oxygen atoms in total. The molecule has 1 amide bonds. The number of aliphatic hydroxyl groups is 1. The van der Waals surface area contributed by atoms with E-state index in [9.17, 15) is 14.3 Å². The van der Waals surface area contributed by atoms with Crippen molar-refractivity contribution >= 4 is 11.6 Å². The zero-order valence-corrected chi connectivity index (χ0v) is 15.1. The summed E-state index contributed by atoms with van der Waals surface area (Å²) in [7, 11) is 0. The van der Waals surface area contributed by atoms with Crippen LogP contribution in [0.3, 0.4) is 0 Å². The second-order valence-corrected chi connectivity index (χ2v) is 7.37. The fraction of sp³-hybridized carbons (Fsp3) is 0.650. The number of fused-ring (bicyclic) bond motifs is 1. The Balaban J connectivity index is 1.87. The number of anilines is 1. The molecule has 1 aliphatic heterocycles. The van der Waals surface area contributed by atoms with Gasteiger partial charge in [-0.3, -0.25) is 4.79 Å². The quantitative estimate of drug-likeness (QED) is 0.886. The molecule has 1 heterocycles. The molecular formula is C20H29FN2O2. The van der Waals surface area contributed by atoms with Gasteiger partial charge in [-0.15, -0.1) is 0 Å². The van der Waals surface area contributed by atoms with E-state index >= 15 is 0 Å². The third kappa shape index (κ3) is 4.32. The molecule has 25 heavy (non-hydrogen) atoms. The van der Waals surface area contributed by atoms with Crippen LogP contribution in [0.25, 0.3) is 0 Å². The summed E-state index contributed by atoms with van der Waals surface area (Å²) in [5.74, 6) is -0.121. The number of benzene rings is 1. The van der Waals surface area contributed by atoms with Gasteiger partial charge in [0.2, 0.25) is 5.91 Å². The molecule has 0 radical (unpaired) electrons. The second kappa shape index (κ2) is 8.17. The van der Waals surface area contributed by atoms with Crippen LogP contribution in [0.2, 0.25) is 0 Å². The van der Waals surface area contributed by atoms with Gasteiger partial charge in [0, 0.05) is 37.8 Å². The lowest BCUT2D eigenvalue weighted by Crippen LogP contribution is -2.44. The SMILES string of the molecule is CCCC(O)CN1CCC(=O)N(C2CCCC2)Cc2cc(F)ccc21. The van der Waals surface area contributed by atoms with Crippen LogP contribution in [0.5, 0.6) is 0 Å². The minimum absolute atomic E-state index is 0.150. The summed E-state index contributed by atoms with van der Waals surface area (Å²) in [4.78, 5) is 16.8. The summed E-state index contributed by atoms with van der Waals surface area (Å²) in [5, 5.41) is 10.2. The van der Waals surface area contributed by atoms with Crippen molar-refractivity contribution in [1.29, 1.82) is 0 Å². The van der Waals surface area contributed by atoms with Gasteiger partial charge in [0.25, 0.3) is 0 Å². The molecule has 1 fully saturated rings. The molecular weight excluding hydrogens is 319 g/mol. The second-order valence-electron chi connectivity index (χ2n) is 7.37. The summed E-state index contributed by atoms with van der Waals surface area (Å²) in [6, 6.07) is 5.11. The van der Waals surface area contributed by atoms with Crippen molar-refractivity contribution < 1.29 is 14.3 Å². The highest BCUT2D eigenvalue weighted by molar-refractivity contribution is 5.78. The van der Waals surface area contributed by atoms with Crippen molar-refractivity contribution in [3.8, 4) is 0 Å². The molecule has 5 heteroatoms. The number of hydrogen-bond acceptors (Lipinski definition) is 3. The van der Waals surface area contributed by atoms with Gasteiger partial charge < -0.3 is 14.9 Å². The van der Waals surface area contributed by atoms with Crippen LogP contribution in [-0.4, -0.2) is 41.1 Å². The average molecular weight is 348 g/mol. The molecule has 1 unspecified atom stereocenters. The Morgan fingerprint density at radius 3 is 2.80 bits per heavy atom. The number of halogens is 1. The third-order valence-corrected chi connectivity index (χ3v) is 5.46. The van der Waals surface area contributed by atoms with Gasteiger partial charge in [-0.2, -0.15) is 0 Å². The maximum absolute atomic E-state index is 13.9. The number of β-amino-alcohol motifs (C(OH)–C–C–N with tert-alkyl or cyclic N) is 1. The van der Waals surface area contributed by atoms with Crippen molar-refractivity contribution in [2.75, 3.05) is 18.0 Å². The van der Waals surface area contributed by atoms with E-state index in [1.54, 1.807) is 12.1 Å². The van der Waals surface area contributed by atoms with Gasteiger partial charge in [0.15, 0.2) is 0 Å². The predicted molar refractivity (Wildman–Crippen MR) is 97.0 cm³/mol. The number of carbonyl (C=O) groups excluding carboxylic acids is 1. The zero-order valence-electron chi connectivity index (χ0n) is 15.1. The lowest BCUT2D eigenvalue weighted by Gasteiger charge is -2.36. The minimum Gasteiger partial charge on any atom is -0.391 e. The first kappa shape index (κ1) is 18.2. The van der Waals surface area contributed by atoms with Crippen LogP contribution in [-0.2, 0) is 11.3 Å². The van der Waals surface area contributed by atoms with Gasteiger partial charge in [0.05, 0.1) is 6.10 Å². The molecule has 0 spiro atoms. The van der Waals surface area contributed by atoms with Crippen LogP contribution >= 0.6 is 0 Å². The Morgan fingerprint density at radius 2 is 2.08 bits per heavy atom. The molecule has 3 rings (SSSR count). The molecule has 138 valence electrons. The first-order valence-electron chi connectivity index (χ1n) is 9.59. The molecule has 1 aliphatic carbocycles. The van der Waals surface area contributed by atoms with E-state index in [0.29, 0.717) is 32.1 Å². The van der Waals surface area contributed by atoms with E-state index in [0.717, 1.165) is 36.9 Å². The number of rotatable bonds is 5. The number of aliphatic hydroxyl groups excluding tert-OH is 1. The van der Waals surface area contributed by atoms with Crippen LogP contribution < -0.4 is 4.90 Å². The number of hydrogen-bond donors (Lipinski definition) is 1. The van der Waals surface area contributed by atoms with Crippen LogP contribution in [0.15, 0.2) is 18.2 Å². The summed E-state index contributed by atoms with van der Waals surface area (Å²) >= 11 is 0. The van der Waals surface area contributed by atoms with E-state index in [-0.39, 0.29) is 11.7 Å². The van der Waals surface area contributed by atoms with Gasteiger partial charge in [0.1, 0.15) is 5.82 Å². The van der Waals surface area contributed by atoms with Gasteiger partial charge in [-0.25, -0.2) is 4.39 Å². The average Bonchev–Trinajstić information content (AvgIpc) is 3.10. The van der Waals surface area contributed by atoms with Crippen molar-refractivity contribution in [2.45, 2.75) is 70.6 Å². The third-order valence-electron chi connectivity index (χ3n) is 5.46. The van der Waals surface area contributed by atoms with E-state index in [4.69, 9.17) is 0 Å². The fourth-order valence-electron chi connectivity index (χ4n) is 4.17. The summed E-state index contributed by atoms with van der Waals surface area (Å²) in [6.07, 6.45) is 6.11. The summed E-state index contributed by atoms with van der Waals surface area (Å²) < 4.78 is 13.9. The molecule has 0 aromatic heterocycles. The molecule has 1 atom stereocenters. The van der Waals surface area contributed by atoms with Gasteiger partial charge in [-0.1, -0.05) is 26.2 Å². The van der Waals surface area contributed by atoms with Crippen LogP contribution in [0, 0.1) is 5.82 Å². The molecule has 2 aliphatic rings. The Morgan fingerprint density at radius 1 is 1.32 bits per heavy atom. The Labute approximate surface area is 149 Å². The van der Waals surface area contributed by atoms with Crippen molar-refractivity contribution in [1.82, 2.24) is 4.90 Å². The van der Waals surface area contributed by atoms with Crippen molar-refractivity contribution in [3.63, 3.8) is 0 Å². The summed E-state index contributed by atoms with van der Waals surface area (Å²) in [5.41, 5.74) is 1.80. The number of nitrogens with zero attached hydrogens (tertiary/aromatic N) is 2. The molecule has 1 N–H and O–H groups in total. The van der Waals surface area contributed by atoms with E-state index in [1.165, 1.54) is 18.9 Å². The molecule has 0 saturated heterocycles. The Kier molecular flexibility index (Phi) is 5.94. The minimum atomic E-state index is -0.427. The largest absolute Gasteiger partial charge is 0.391 e. The Hall–Kier alpha value is -1.62. The molecule has 1 aromatic carbocycles. The van der Waals surface area contributed by atoms with Crippen molar-refractivity contribution in [2.24, 2.45) is 0 Å². The standard InChI is InChI=1S/C20H29FN2O2/c1-2-5-18(24)14-22-11-10-20(25)23(17-6-3-4-7-17)13-15-12-16(21)8-9-19(15)22/h8-9,12,17-18,24H,2-7,10-11,13-14H2,1H3. The predicted octanol–water partition coefficient (Wildman–Crippen LogP) is 3.47. The topological polar surface area (TPSA) is 43.8 Å². The smallest absolute Gasteiger partial charge is 0.224 e. The van der Waals surface area contributed by atoms with E-state index in [2.05, 4.69) is 4.90 Å². The zero-order chi connectivity index (χ0) is 17.8. The van der Waals surface area contributed by atoms with E-state index in [1.807, 2.05) is 11.8 Å². The highest BCUT2D eigenvalue weighted by Gasteiger charge is 2.30. The number of carbonyl (C=O) groups is 1. The van der Waals surface area contributed by atoms with Gasteiger partial charge in [-0.05, 0) is 43.0 Å². The van der Waals surface area contributed by atoms with Crippen LogP contribution in [0.1, 0.15) is 57.4 Å². The monoisotopic (exact) mass is 348 g/mol. The fourth-order valence-corrected chi connectivity index (χ4v) is 4.17. The first-order chi connectivity index (χ1) is 12.1. The first-order valence-corrected chi connectivity index (χ1v) is 9.59. The maximum Gasteiger partial charge on any atom is 0.224 e. The van der Waals surface area contributed by atoms with Crippen LogP contribution in [0.4, 0.5) is 10.1 Å². The lowest BCUT2D eigenvalue weighted by molar-refractivity contribution is -0.134. The molecule has 0 bridgehead atoms. The van der Waals surface area contributed by atoms with E-state index < -0.39 is 6.10 Å². The Bertz CT molecular complexity index is 601. The normalized spacial score (nSPS) is 20.4. The summed E-state index contributed by atoms with van der Waals surface area (Å²) in [6.45, 7) is 3.57. The number of amides is 1. The van der Waals surface area contributed by atoms with Crippen molar-refractivity contribution in [3.05, 3.63) is 29.6 Å². The maximum atomic E-state index is 13.9. The highest BCUT2D eigenvalue weighted by Crippen LogP contribution is 2.31. The molecule has 1 aromatic rings.